The molecular formula is C12H9BrCl2O2. The number of halogens is 3. The van der Waals surface area contributed by atoms with Crippen LogP contribution in [0.3, 0.4) is 0 Å². The molecule has 2 nitrogen and oxygen atoms in total. The Morgan fingerprint density at radius 1 is 1.29 bits per heavy atom. The Kier molecular flexibility index (Phi) is 4.15. The summed E-state index contributed by atoms with van der Waals surface area (Å²) >= 11 is 15.2. The van der Waals surface area contributed by atoms with Gasteiger partial charge in [0.05, 0.1) is 12.4 Å². The zero-order chi connectivity index (χ0) is 12.4. The van der Waals surface area contributed by atoms with E-state index in [1.807, 2.05) is 0 Å². The highest BCUT2D eigenvalue weighted by Crippen LogP contribution is 2.30. The zero-order valence-electron chi connectivity index (χ0n) is 8.66. The summed E-state index contributed by atoms with van der Waals surface area (Å²) in [4.78, 5) is 0. The lowest BCUT2D eigenvalue weighted by Gasteiger charge is -2.11. The fourth-order valence-corrected chi connectivity index (χ4v) is 2.45. The normalized spacial score (nSPS) is 12.7. The number of benzene rings is 1. The molecule has 0 saturated heterocycles. The van der Waals surface area contributed by atoms with E-state index < -0.39 is 6.10 Å². The number of furan rings is 1. The van der Waals surface area contributed by atoms with Crippen molar-refractivity contribution in [2.45, 2.75) is 12.5 Å². The monoisotopic (exact) mass is 334 g/mol. The van der Waals surface area contributed by atoms with Crippen LogP contribution in [0.15, 0.2) is 39.6 Å². The first-order chi connectivity index (χ1) is 8.08. The van der Waals surface area contributed by atoms with E-state index in [0.717, 1.165) is 5.56 Å². The molecule has 0 spiro atoms. The van der Waals surface area contributed by atoms with Crippen LogP contribution in [0.4, 0.5) is 0 Å². The summed E-state index contributed by atoms with van der Waals surface area (Å²) in [6.07, 6.45) is 1.22. The van der Waals surface area contributed by atoms with Gasteiger partial charge >= 0.3 is 0 Å². The molecule has 0 aliphatic carbocycles. The maximum Gasteiger partial charge on any atom is 0.174 e. The highest BCUT2D eigenvalue weighted by molar-refractivity contribution is 9.10. The van der Waals surface area contributed by atoms with Crippen molar-refractivity contribution in [2.24, 2.45) is 0 Å². The van der Waals surface area contributed by atoms with Gasteiger partial charge in [-0.15, -0.1) is 0 Å². The lowest BCUT2D eigenvalue weighted by molar-refractivity contribution is 0.176. The lowest BCUT2D eigenvalue weighted by Crippen LogP contribution is -2.01. The predicted octanol–water partition coefficient (Wildman–Crippen LogP) is 4.63. The third-order valence-electron chi connectivity index (χ3n) is 2.43. The van der Waals surface area contributed by atoms with Crippen molar-refractivity contribution in [3.05, 3.63) is 56.4 Å². The van der Waals surface area contributed by atoms with Gasteiger partial charge in [-0.3, -0.25) is 0 Å². The Morgan fingerprint density at radius 2 is 2.06 bits per heavy atom. The molecule has 0 aliphatic rings. The van der Waals surface area contributed by atoms with Gasteiger partial charge in [0, 0.05) is 22.0 Å². The lowest BCUT2D eigenvalue weighted by atomic mass is 10.0. The minimum absolute atomic E-state index is 0.386. The van der Waals surface area contributed by atoms with Gasteiger partial charge in [0.1, 0.15) is 0 Å². The average molecular weight is 336 g/mol. The van der Waals surface area contributed by atoms with E-state index in [4.69, 9.17) is 27.6 Å². The molecule has 0 saturated carbocycles. The number of hydrogen-bond donors (Lipinski definition) is 1. The zero-order valence-corrected chi connectivity index (χ0v) is 11.8. The van der Waals surface area contributed by atoms with Crippen molar-refractivity contribution in [1.82, 2.24) is 0 Å². The molecule has 1 aromatic heterocycles. The van der Waals surface area contributed by atoms with Gasteiger partial charge in [0.2, 0.25) is 0 Å². The molecule has 1 aromatic carbocycles. The molecule has 0 amide bonds. The summed E-state index contributed by atoms with van der Waals surface area (Å²) in [5, 5.41) is 11.3. The van der Waals surface area contributed by atoms with Crippen molar-refractivity contribution >= 4 is 39.1 Å². The molecule has 0 fully saturated rings. The van der Waals surface area contributed by atoms with Crippen molar-refractivity contribution < 1.29 is 9.52 Å². The minimum atomic E-state index is -0.681. The third-order valence-corrected chi connectivity index (χ3v) is 3.67. The summed E-state index contributed by atoms with van der Waals surface area (Å²) in [6, 6.07) is 6.90. The van der Waals surface area contributed by atoms with Gasteiger partial charge in [-0.2, -0.15) is 0 Å². The van der Waals surface area contributed by atoms with Crippen molar-refractivity contribution in [3.63, 3.8) is 0 Å². The number of rotatable bonds is 3. The molecule has 0 radical (unpaired) electrons. The minimum Gasteiger partial charge on any atom is -0.457 e. The van der Waals surface area contributed by atoms with Crippen LogP contribution in [0.5, 0.6) is 0 Å². The van der Waals surface area contributed by atoms with E-state index >= 15 is 0 Å². The summed E-state index contributed by atoms with van der Waals surface area (Å²) < 4.78 is 5.61. The molecule has 0 aliphatic heterocycles. The van der Waals surface area contributed by atoms with Crippen LogP contribution in [0.25, 0.3) is 0 Å². The highest BCUT2D eigenvalue weighted by atomic mass is 79.9. The first kappa shape index (κ1) is 13.0. The molecule has 1 atom stereocenters. The van der Waals surface area contributed by atoms with E-state index in [0.29, 0.717) is 26.7 Å². The quantitative estimate of drug-likeness (QED) is 0.887. The van der Waals surface area contributed by atoms with Crippen LogP contribution in [-0.2, 0) is 6.42 Å². The van der Waals surface area contributed by atoms with Crippen LogP contribution >= 0.6 is 39.1 Å². The second kappa shape index (κ2) is 5.44. The topological polar surface area (TPSA) is 33.4 Å². The van der Waals surface area contributed by atoms with Gasteiger partial charge in [-0.1, -0.05) is 23.2 Å². The molecule has 17 heavy (non-hydrogen) atoms. The van der Waals surface area contributed by atoms with E-state index in [2.05, 4.69) is 15.9 Å². The maximum absolute atomic E-state index is 10.1. The molecule has 1 N–H and O–H groups in total. The molecule has 90 valence electrons. The highest BCUT2D eigenvalue weighted by Gasteiger charge is 2.16. The fraction of sp³-hybridized carbons (Fsp3) is 0.167. The van der Waals surface area contributed by atoms with Gasteiger partial charge in [-0.05, 0) is 45.8 Å². The largest absolute Gasteiger partial charge is 0.457 e. The van der Waals surface area contributed by atoms with Gasteiger partial charge in [0.25, 0.3) is 0 Å². The van der Waals surface area contributed by atoms with E-state index in [-0.39, 0.29) is 0 Å². The molecule has 2 rings (SSSR count). The first-order valence-electron chi connectivity index (χ1n) is 4.93. The van der Waals surface area contributed by atoms with Gasteiger partial charge < -0.3 is 9.52 Å². The smallest absolute Gasteiger partial charge is 0.174 e. The van der Waals surface area contributed by atoms with Gasteiger partial charge in [0.15, 0.2) is 4.67 Å². The van der Waals surface area contributed by atoms with E-state index in [9.17, 15) is 5.11 Å². The van der Waals surface area contributed by atoms with Crippen molar-refractivity contribution in [2.75, 3.05) is 0 Å². The van der Waals surface area contributed by atoms with E-state index in [1.165, 1.54) is 6.26 Å². The third kappa shape index (κ3) is 3.05. The Balaban J connectivity index is 2.21. The first-order valence-corrected chi connectivity index (χ1v) is 6.47. The molecule has 1 unspecified atom stereocenters. The molecule has 2 aromatic rings. The Hall–Kier alpha value is -0.480. The fourth-order valence-electron chi connectivity index (χ4n) is 1.56. The Bertz CT molecular complexity index is 525. The summed E-state index contributed by atoms with van der Waals surface area (Å²) in [6.45, 7) is 0. The summed E-state index contributed by atoms with van der Waals surface area (Å²) in [5.74, 6) is 0. The van der Waals surface area contributed by atoms with Crippen molar-refractivity contribution in [1.29, 1.82) is 0 Å². The number of aliphatic hydroxyl groups excluding tert-OH is 1. The van der Waals surface area contributed by atoms with Crippen LogP contribution in [0.1, 0.15) is 17.2 Å². The maximum atomic E-state index is 10.1. The van der Waals surface area contributed by atoms with Gasteiger partial charge in [-0.25, -0.2) is 0 Å². The SMILES string of the molecule is OC(Cc1cc(Cl)ccc1Cl)c1ccoc1Br. The van der Waals surface area contributed by atoms with Crippen LogP contribution in [0.2, 0.25) is 10.0 Å². The number of aliphatic hydroxyl groups is 1. The van der Waals surface area contributed by atoms with E-state index in [1.54, 1.807) is 24.3 Å². The molecular weight excluding hydrogens is 327 g/mol. The molecule has 0 bridgehead atoms. The van der Waals surface area contributed by atoms with Crippen LogP contribution in [-0.4, -0.2) is 5.11 Å². The summed E-state index contributed by atoms with van der Waals surface area (Å²) in [7, 11) is 0. The standard InChI is InChI=1S/C12H9BrCl2O2/c13-12-9(3-4-17-12)11(16)6-7-5-8(14)1-2-10(7)15/h1-5,11,16H,6H2. The molecule has 5 heteroatoms. The number of hydrogen-bond acceptors (Lipinski definition) is 2. The second-order valence-corrected chi connectivity index (χ2v) is 5.17. The van der Waals surface area contributed by atoms with Crippen LogP contribution in [0, 0.1) is 0 Å². The predicted molar refractivity (Wildman–Crippen MR) is 71.5 cm³/mol. The Morgan fingerprint density at radius 3 is 2.71 bits per heavy atom. The van der Waals surface area contributed by atoms with Crippen molar-refractivity contribution in [3.8, 4) is 0 Å². The summed E-state index contributed by atoms with van der Waals surface area (Å²) in [5.41, 5.74) is 1.50. The Labute approximate surface area is 117 Å². The molecule has 1 heterocycles. The average Bonchev–Trinajstić information content (AvgIpc) is 2.70. The second-order valence-electron chi connectivity index (χ2n) is 3.61. The van der Waals surface area contributed by atoms with Crippen LogP contribution < -0.4 is 0 Å².